The summed E-state index contributed by atoms with van der Waals surface area (Å²) in [6.45, 7) is 1.04. The molecule has 3 nitrogen and oxygen atoms in total. The number of halogens is 8. The molecule has 3 aromatic rings. The fourth-order valence-corrected chi connectivity index (χ4v) is 2.89. The average molecular weight is 509 g/mol. The molecule has 11 heteroatoms. The van der Waals surface area contributed by atoms with Crippen molar-refractivity contribution in [2.45, 2.75) is 31.4 Å². The van der Waals surface area contributed by atoms with Gasteiger partial charge in [0.15, 0.2) is 6.10 Å². The Morgan fingerprint density at radius 3 is 2.09 bits per heavy atom. The molecule has 3 rings (SSSR count). The second-order valence-electron chi connectivity index (χ2n) is 7.23. The zero-order valence-electron chi connectivity index (χ0n) is 17.6. The van der Waals surface area contributed by atoms with E-state index in [-0.39, 0.29) is 22.3 Å². The number of benzene rings is 2. The first-order valence-corrected chi connectivity index (χ1v) is 10.1. The number of hydrogen-bond donors (Lipinski definition) is 2. The molecule has 1 unspecified atom stereocenters. The summed E-state index contributed by atoms with van der Waals surface area (Å²) in [4.78, 5) is 3.86. The molecule has 34 heavy (non-hydrogen) atoms. The van der Waals surface area contributed by atoms with Gasteiger partial charge >= 0.3 is 12.4 Å². The number of aryl methyl sites for hydroxylation is 1. The fourth-order valence-electron chi connectivity index (χ4n) is 2.77. The van der Waals surface area contributed by atoms with Crippen LogP contribution in [0, 0.1) is 12.7 Å². The predicted octanol–water partition coefficient (Wildman–Crippen LogP) is 6.49. The third kappa shape index (κ3) is 8.58. The van der Waals surface area contributed by atoms with Crippen molar-refractivity contribution in [1.29, 1.82) is 0 Å². The Balaban J connectivity index is 0.000000497. The Kier molecular flexibility index (Phi) is 9.43. The van der Waals surface area contributed by atoms with Gasteiger partial charge in [-0.2, -0.15) is 26.3 Å². The summed E-state index contributed by atoms with van der Waals surface area (Å²) in [6.07, 6.45) is -11.4. The fraction of sp³-hybridized carbons (Fsp3) is 0.261. The van der Waals surface area contributed by atoms with Gasteiger partial charge < -0.3 is 10.4 Å². The minimum Gasteiger partial charge on any atom is -0.382 e. The number of aliphatic hydroxyl groups excluding tert-OH is 1. The van der Waals surface area contributed by atoms with E-state index in [1.54, 1.807) is 0 Å². The highest BCUT2D eigenvalue weighted by Crippen LogP contribution is 2.33. The molecule has 0 fully saturated rings. The predicted molar refractivity (Wildman–Crippen MR) is 114 cm³/mol. The summed E-state index contributed by atoms with van der Waals surface area (Å²) >= 11 is 5.68. The lowest BCUT2D eigenvalue weighted by atomic mass is 9.99. The van der Waals surface area contributed by atoms with E-state index in [1.807, 2.05) is 18.2 Å². The summed E-state index contributed by atoms with van der Waals surface area (Å²) in [7, 11) is 0. The Labute approximate surface area is 196 Å². The van der Waals surface area contributed by atoms with Crippen LogP contribution >= 0.6 is 11.6 Å². The minimum atomic E-state index is -4.94. The van der Waals surface area contributed by atoms with Crippen LogP contribution in [0.5, 0.6) is 0 Å². The highest BCUT2D eigenvalue weighted by atomic mass is 35.5. The maximum absolute atomic E-state index is 13.7. The van der Waals surface area contributed by atoms with Gasteiger partial charge in [0.05, 0.1) is 22.3 Å². The molecule has 0 saturated heterocycles. The van der Waals surface area contributed by atoms with Crippen molar-refractivity contribution in [3.63, 3.8) is 0 Å². The van der Waals surface area contributed by atoms with Crippen LogP contribution in [-0.4, -0.2) is 28.9 Å². The molecule has 0 spiro atoms. The van der Waals surface area contributed by atoms with E-state index < -0.39 is 42.4 Å². The van der Waals surface area contributed by atoms with Gasteiger partial charge in [-0.1, -0.05) is 47.5 Å². The standard InChI is InChI=1S/C16H12ClF7N2O.C7H8/c17-10-1-2-12(25-6-10)14(26-7-13(27)16(22,23)24)8-3-9(15(19,20)21)5-11(18)4-8;1-7-5-3-2-4-6-7/h1-6,13-14,26-27H,7H2;2-6H,1H3/t13?,14-;/m0./s1. The second kappa shape index (κ2) is 11.6. The Bertz CT molecular complexity index is 1040. The lowest BCUT2D eigenvalue weighted by Crippen LogP contribution is -2.40. The molecule has 0 aliphatic heterocycles. The molecular formula is C23H20ClF7N2O. The SMILES string of the molecule is Cc1ccccc1.OC(CN[C@@H](c1cc(F)cc(C(F)(F)F)c1)c1ccc(Cl)cn1)C(F)(F)F. The van der Waals surface area contributed by atoms with E-state index in [4.69, 9.17) is 16.7 Å². The van der Waals surface area contributed by atoms with Crippen LogP contribution in [0.3, 0.4) is 0 Å². The first-order chi connectivity index (χ1) is 15.8. The molecule has 0 aliphatic carbocycles. The number of pyridine rings is 1. The number of aromatic nitrogens is 1. The zero-order chi connectivity index (χ0) is 25.5. The van der Waals surface area contributed by atoms with Crippen LogP contribution in [0.25, 0.3) is 0 Å². The van der Waals surface area contributed by atoms with E-state index in [0.29, 0.717) is 6.07 Å². The number of nitrogens with one attached hydrogen (secondary N) is 1. The van der Waals surface area contributed by atoms with E-state index in [0.717, 1.165) is 12.3 Å². The van der Waals surface area contributed by atoms with E-state index in [9.17, 15) is 30.7 Å². The normalized spacial score (nSPS) is 13.6. The van der Waals surface area contributed by atoms with Crippen molar-refractivity contribution in [1.82, 2.24) is 10.3 Å². The number of hydrogen-bond acceptors (Lipinski definition) is 3. The number of nitrogens with zero attached hydrogens (tertiary/aromatic N) is 1. The Morgan fingerprint density at radius 1 is 0.971 bits per heavy atom. The monoisotopic (exact) mass is 508 g/mol. The summed E-state index contributed by atoms with van der Waals surface area (Å²) in [5.74, 6) is -1.23. The largest absolute Gasteiger partial charge is 0.416 e. The zero-order valence-corrected chi connectivity index (χ0v) is 18.4. The summed E-state index contributed by atoms with van der Waals surface area (Å²) in [5, 5.41) is 11.6. The Hall–Kier alpha value is -2.69. The van der Waals surface area contributed by atoms with Gasteiger partial charge in [-0.05, 0) is 42.8 Å². The summed E-state index contributed by atoms with van der Waals surface area (Å²) in [5.41, 5.74) is -0.309. The van der Waals surface area contributed by atoms with Crippen LogP contribution in [0.1, 0.15) is 28.4 Å². The van der Waals surface area contributed by atoms with Crippen molar-refractivity contribution < 1.29 is 35.8 Å². The average Bonchev–Trinajstić information content (AvgIpc) is 2.74. The van der Waals surface area contributed by atoms with Crippen molar-refractivity contribution in [2.24, 2.45) is 0 Å². The maximum atomic E-state index is 13.7. The van der Waals surface area contributed by atoms with Crippen LogP contribution in [0.2, 0.25) is 5.02 Å². The number of rotatable bonds is 5. The van der Waals surface area contributed by atoms with Crippen molar-refractivity contribution >= 4 is 11.6 Å². The first kappa shape index (κ1) is 27.6. The molecule has 184 valence electrons. The topological polar surface area (TPSA) is 45.1 Å². The Morgan fingerprint density at radius 2 is 1.62 bits per heavy atom. The van der Waals surface area contributed by atoms with E-state index in [2.05, 4.69) is 29.4 Å². The molecule has 0 aliphatic rings. The maximum Gasteiger partial charge on any atom is 0.416 e. The molecule has 2 N–H and O–H groups in total. The van der Waals surface area contributed by atoms with Crippen molar-refractivity contribution in [3.05, 3.63) is 100 Å². The molecule has 0 amide bonds. The molecule has 1 heterocycles. The lowest BCUT2D eigenvalue weighted by Gasteiger charge is -2.23. The van der Waals surface area contributed by atoms with Gasteiger partial charge in [-0.15, -0.1) is 0 Å². The highest BCUT2D eigenvalue weighted by Gasteiger charge is 2.38. The number of alkyl halides is 6. The summed E-state index contributed by atoms with van der Waals surface area (Å²) < 4.78 is 90.0. The molecule has 0 radical (unpaired) electrons. The van der Waals surface area contributed by atoms with Gasteiger partial charge in [0.25, 0.3) is 0 Å². The third-order valence-electron chi connectivity index (χ3n) is 4.46. The number of aliphatic hydroxyl groups is 1. The van der Waals surface area contributed by atoms with Gasteiger partial charge in [-0.25, -0.2) is 4.39 Å². The van der Waals surface area contributed by atoms with Gasteiger partial charge in [-0.3, -0.25) is 4.98 Å². The molecule has 2 aromatic carbocycles. The van der Waals surface area contributed by atoms with Crippen LogP contribution in [0.4, 0.5) is 30.7 Å². The first-order valence-electron chi connectivity index (χ1n) is 9.76. The van der Waals surface area contributed by atoms with E-state index >= 15 is 0 Å². The van der Waals surface area contributed by atoms with E-state index in [1.165, 1.54) is 17.7 Å². The third-order valence-corrected chi connectivity index (χ3v) is 4.68. The molecule has 2 atom stereocenters. The van der Waals surface area contributed by atoms with Gasteiger partial charge in [0.1, 0.15) is 5.82 Å². The highest BCUT2D eigenvalue weighted by molar-refractivity contribution is 6.30. The van der Waals surface area contributed by atoms with Gasteiger partial charge in [0, 0.05) is 12.7 Å². The molecule has 0 bridgehead atoms. The quantitative estimate of drug-likeness (QED) is 0.387. The second-order valence-corrected chi connectivity index (χ2v) is 7.66. The van der Waals surface area contributed by atoms with Gasteiger partial charge in [0.2, 0.25) is 0 Å². The molecule has 1 aromatic heterocycles. The van der Waals surface area contributed by atoms with Crippen LogP contribution < -0.4 is 5.32 Å². The van der Waals surface area contributed by atoms with Crippen molar-refractivity contribution in [3.8, 4) is 0 Å². The lowest BCUT2D eigenvalue weighted by molar-refractivity contribution is -0.202. The molecule has 0 saturated carbocycles. The molecular weight excluding hydrogens is 489 g/mol. The van der Waals surface area contributed by atoms with Crippen molar-refractivity contribution in [2.75, 3.05) is 6.54 Å². The smallest absolute Gasteiger partial charge is 0.382 e. The minimum absolute atomic E-state index is 0.00695. The van der Waals surface area contributed by atoms with Crippen LogP contribution in [0.15, 0.2) is 66.9 Å². The summed E-state index contributed by atoms with van der Waals surface area (Å²) in [6, 6.07) is 13.1. The van der Waals surface area contributed by atoms with Crippen LogP contribution in [-0.2, 0) is 6.18 Å².